The van der Waals surface area contributed by atoms with Crippen LogP contribution in [0.1, 0.15) is 40.0 Å². The molecule has 2 nitrogen and oxygen atoms in total. The highest BCUT2D eigenvalue weighted by Gasteiger charge is 2.29. The van der Waals surface area contributed by atoms with Gasteiger partial charge in [-0.25, -0.2) is 0 Å². The second kappa shape index (κ2) is 4.11. The summed E-state index contributed by atoms with van der Waals surface area (Å²) in [5.74, 6) is 0. The predicted molar refractivity (Wildman–Crippen MR) is 54.3 cm³/mol. The Morgan fingerprint density at radius 2 is 2.00 bits per heavy atom. The largest absolute Gasteiger partial charge is 0.288 e. The SMILES string of the molecule is CC(C)(C)CCN(CC#N)C1CC1. The monoisotopic (exact) mass is 180 g/mol. The van der Waals surface area contributed by atoms with Gasteiger partial charge in [-0.1, -0.05) is 20.8 Å². The fraction of sp³-hybridized carbons (Fsp3) is 0.909. The van der Waals surface area contributed by atoms with E-state index >= 15 is 0 Å². The maximum absolute atomic E-state index is 8.65. The van der Waals surface area contributed by atoms with E-state index in [-0.39, 0.29) is 0 Å². The van der Waals surface area contributed by atoms with Crippen molar-refractivity contribution in [3.05, 3.63) is 0 Å². The topological polar surface area (TPSA) is 27.0 Å². The normalized spacial score (nSPS) is 17.5. The van der Waals surface area contributed by atoms with Crippen LogP contribution in [0.3, 0.4) is 0 Å². The molecule has 0 aromatic carbocycles. The van der Waals surface area contributed by atoms with Crippen LogP contribution in [0.15, 0.2) is 0 Å². The lowest BCUT2D eigenvalue weighted by Crippen LogP contribution is -2.29. The van der Waals surface area contributed by atoms with E-state index in [0.717, 1.165) is 12.6 Å². The number of nitriles is 1. The molecule has 0 bridgehead atoms. The number of nitrogens with zero attached hydrogens (tertiary/aromatic N) is 2. The van der Waals surface area contributed by atoms with Crippen molar-refractivity contribution in [3.63, 3.8) is 0 Å². The van der Waals surface area contributed by atoms with Crippen LogP contribution in [0.5, 0.6) is 0 Å². The van der Waals surface area contributed by atoms with Crippen LogP contribution in [-0.4, -0.2) is 24.0 Å². The molecule has 13 heavy (non-hydrogen) atoms. The highest BCUT2D eigenvalue weighted by Crippen LogP contribution is 2.28. The molecule has 1 fully saturated rings. The van der Waals surface area contributed by atoms with Crippen LogP contribution >= 0.6 is 0 Å². The van der Waals surface area contributed by atoms with Gasteiger partial charge in [0.15, 0.2) is 0 Å². The fourth-order valence-corrected chi connectivity index (χ4v) is 1.40. The van der Waals surface area contributed by atoms with E-state index in [2.05, 4.69) is 31.7 Å². The Morgan fingerprint density at radius 3 is 2.38 bits per heavy atom. The zero-order valence-electron chi connectivity index (χ0n) is 9.01. The van der Waals surface area contributed by atoms with Crippen molar-refractivity contribution < 1.29 is 0 Å². The van der Waals surface area contributed by atoms with Crippen molar-refractivity contribution in [2.45, 2.75) is 46.1 Å². The Bertz CT molecular complexity index is 193. The molecular formula is C11H20N2. The summed E-state index contributed by atoms with van der Waals surface area (Å²) in [6.07, 6.45) is 3.78. The summed E-state index contributed by atoms with van der Waals surface area (Å²) >= 11 is 0. The van der Waals surface area contributed by atoms with E-state index in [0.29, 0.717) is 12.0 Å². The second-order valence-corrected chi connectivity index (χ2v) is 5.17. The van der Waals surface area contributed by atoms with E-state index in [4.69, 9.17) is 5.26 Å². The molecular weight excluding hydrogens is 160 g/mol. The van der Waals surface area contributed by atoms with Crippen LogP contribution in [0.2, 0.25) is 0 Å². The zero-order valence-corrected chi connectivity index (χ0v) is 9.01. The smallest absolute Gasteiger partial charge is 0.0868 e. The van der Waals surface area contributed by atoms with Crippen LogP contribution in [0.4, 0.5) is 0 Å². The quantitative estimate of drug-likeness (QED) is 0.621. The van der Waals surface area contributed by atoms with Crippen LogP contribution in [-0.2, 0) is 0 Å². The molecule has 0 amide bonds. The molecule has 1 aliphatic rings. The molecule has 0 aromatic heterocycles. The molecule has 1 aliphatic carbocycles. The van der Waals surface area contributed by atoms with E-state index < -0.39 is 0 Å². The standard InChI is InChI=1S/C11H20N2/c1-11(2,3)6-8-13(9-7-12)10-4-5-10/h10H,4-6,8-9H2,1-3H3. The molecule has 0 unspecified atom stereocenters. The summed E-state index contributed by atoms with van der Waals surface area (Å²) in [7, 11) is 0. The molecule has 0 atom stereocenters. The first-order chi connectivity index (χ1) is 6.03. The van der Waals surface area contributed by atoms with Crippen molar-refractivity contribution in [2.24, 2.45) is 5.41 Å². The number of hydrogen-bond donors (Lipinski definition) is 0. The van der Waals surface area contributed by atoms with Crippen molar-refractivity contribution in [3.8, 4) is 6.07 Å². The number of rotatable bonds is 4. The fourth-order valence-electron chi connectivity index (χ4n) is 1.40. The minimum absolute atomic E-state index is 0.391. The molecule has 0 radical (unpaired) electrons. The minimum atomic E-state index is 0.391. The lowest BCUT2D eigenvalue weighted by atomic mass is 9.92. The lowest BCUT2D eigenvalue weighted by Gasteiger charge is -2.24. The summed E-state index contributed by atoms with van der Waals surface area (Å²) in [6.45, 7) is 8.46. The summed E-state index contributed by atoms with van der Waals surface area (Å²) in [5, 5.41) is 8.65. The van der Waals surface area contributed by atoms with Gasteiger partial charge in [0.25, 0.3) is 0 Å². The van der Waals surface area contributed by atoms with Crippen molar-refractivity contribution in [1.29, 1.82) is 5.26 Å². The van der Waals surface area contributed by atoms with Gasteiger partial charge in [-0.05, 0) is 31.2 Å². The van der Waals surface area contributed by atoms with Gasteiger partial charge < -0.3 is 0 Å². The third-order valence-corrected chi connectivity index (χ3v) is 2.49. The summed E-state index contributed by atoms with van der Waals surface area (Å²) < 4.78 is 0. The van der Waals surface area contributed by atoms with Crippen molar-refractivity contribution in [1.82, 2.24) is 4.90 Å². The first kappa shape index (κ1) is 10.5. The Kier molecular flexibility index (Phi) is 3.33. The summed E-state index contributed by atoms with van der Waals surface area (Å²) in [6, 6.07) is 2.98. The van der Waals surface area contributed by atoms with Crippen LogP contribution < -0.4 is 0 Å². The predicted octanol–water partition coefficient (Wildman–Crippen LogP) is 2.41. The molecule has 1 rings (SSSR count). The Hall–Kier alpha value is -0.550. The first-order valence-corrected chi connectivity index (χ1v) is 5.14. The molecule has 0 saturated heterocycles. The van der Waals surface area contributed by atoms with Crippen molar-refractivity contribution in [2.75, 3.05) is 13.1 Å². The Morgan fingerprint density at radius 1 is 1.38 bits per heavy atom. The molecule has 0 N–H and O–H groups in total. The van der Waals surface area contributed by atoms with Gasteiger partial charge in [-0.2, -0.15) is 5.26 Å². The lowest BCUT2D eigenvalue weighted by molar-refractivity contribution is 0.240. The summed E-state index contributed by atoms with van der Waals surface area (Å²) in [4.78, 5) is 2.32. The van der Waals surface area contributed by atoms with Crippen LogP contribution in [0.25, 0.3) is 0 Å². The van der Waals surface area contributed by atoms with Gasteiger partial charge in [0.05, 0.1) is 12.6 Å². The molecule has 2 heteroatoms. The van der Waals surface area contributed by atoms with Gasteiger partial charge in [-0.15, -0.1) is 0 Å². The van der Waals surface area contributed by atoms with Gasteiger partial charge in [0.1, 0.15) is 0 Å². The molecule has 0 heterocycles. The highest BCUT2D eigenvalue weighted by molar-refractivity contribution is 4.90. The van der Waals surface area contributed by atoms with Gasteiger partial charge >= 0.3 is 0 Å². The third kappa shape index (κ3) is 4.28. The van der Waals surface area contributed by atoms with Crippen molar-refractivity contribution >= 4 is 0 Å². The van der Waals surface area contributed by atoms with E-state index in [9.17, 15) is 0 Å². The number of hydrogen-bond acceptors (Lipinski definition) is 2. The second-order valence-electron chi connectivity index (χ2n) is 5.17. The average molecular weight is 180 g/mol. The first-order valence-electron chi connectivity index (χ1n) is 5.14. The highest BCUT2D eigenvalue weighted by atomic mass is 15.2. The molecule has 1 saturated carbocycles. The van der Waals surface area contributed by atoms with Gasteiger partial charge in [0, 0.05) is 6.04 Å². The molecule has 0 aromatic rings. The molecule has 0 aliphatic heterocycles. The zero-order chi connectivity index (χ0) is 9.90. The molecule has 74 valence electrons. The maximum atomic E-state index is 8.65. The molecule has 0 spiro atoms. The summed E-state index contributed by atoms with van der Waals surface area (Å²) in [5.41, 5.74) is 0.391. The van der Waals surface area contributed by atoms with E-state index in [1.54, 1.807) is 0 Å². The maximum Gasteiger partial charge on any atom is 0.0868 e. The van der Waals surface area contributed by atoms with Crippen LogP contribution in [0, 0.1) is 16.7 Å². The van der Waals surface area contributed by atoms with Gasteiger partial charge in [-0.3, -0.25) is 4.90 Å². The average Bonchev–Trinajstić information content (AvgIpc) is 2.78. The van der Waals surface area contributed by atoms with Gasteiger partial charge in [0.2, 0.25) is 0 Å². The third-order valence-electron chi connectivity index (χ3n) is 2.49. The Balaban J connectivity index is 2.27. The minimum Gasteiger partial charge on any atom is -0.288 e. The Labute approximate surface area is 81.5 Å². The van der Waals surface area contributed by atoms with E-state index in [1.807, 2.05) is 0 Å². The van der Waals surface area contributed by atoms with E-state index in [1.165, 1.54) is 19.3 Å².